The highest BCUT2D eigenvalue weighted by atomic mass is 35.5. The van der Waals surface area contributed by atoms with Gasteiger partial charge >= 0.3 is 5.97 Å². The van der Waals surface area contributed by atoms with Crippen LogP contribution in [-0.2, 0) is 4.74 Å². The van der Waals surface area contributed by atoms with E-state index in [1.54, 1.807) is 25.1 Å². The van der Waals surface area contributed by atoms with Crippen LogP contribution in [0, 0.1) is 6.92 Å². The Bertz CT molecular complexity index is 732. The van der Waals surface area contributed by atoms with Gasteiger partial charge in [-0.1, -0.05) is 6.07 Å². The number of aromatic nitrogens is 1. The average molecular weight is 311 g/mol. The minimum Gasteiger partial charge on any atom is -0.465 e. The Hall–Kier alpha value is -2.54. The van der Waals surface area contributed by atoms with Gasteiger partial charge in [-0.05, 0) is 24.6 Å². The zero-order valence-corrected chi connectivity index (χ0v) is 12.3. The molecule has 0 bridgehead atoms. The highest BCUT2D eigenvalue weighted by Crippen LogP contribution is 2.23. The normalized spacial score (nSPS) is 9.81. The number of aliphatic imine (C=N–C) groups is 1. The van der Waals surface area contributed by atoms with Crippen molar-refractivity contribution in [3.63, 3.8) is 0 Å². The van der Waals surface area contributed by atoms with Gasteiger partial charge in [-0.2, -0.15) is 4.99 Å². The van der Waals surface area contributed by atoms with Crippen LogP contribution in [0.25, 0.3) is 10.9 Å². The van der Waals surface area contributed by atoms with Crippen LogP contribution in [0.3, 0.4) is 0 Å². The summed E-state index contributed by atoms with van der Waals surface area (Å²) in [6.07, 6.45) is 0. The first-order valence-corrected chi connectivity index (χ1v) is 5.78. The number of benzene rings is 1. The number of rotatable bonds is 2. The van der Waals surface area contributed by atoms with E-state index < -0.39 is 11.9 Å². The molecule has 1 aromatic heterocycles. The number of carbonyl (C=O) groups excluding carboxylic acids is 2. The van der Waals surface area contributed by atoms with E-state index in [9.17, 15) is 9.59 Å². The van der Waals surface area contributed by atoms with Crippen molar-refractivity contribution < 1.29 is 14.3 Å². The van der Waals surface area contributed by atoms with Gasteiger partial charge in [-0.3, -0.25) is 4.79 Å². The fourth-order valence-corrected chi connectivity index (χ4v) is 1.97. The van der Waals surface area contributed by atoms with E-state index in [1.165, 1.54) is 7.11 Å². The fraction of sp³-hybridized carbons (Fsp3) is 0.154. The molecule has 0 atom stereocenters. The van der Waals surface area contributed by atoms with Crippen molar-refractivity contribution in [2.75, 3.05) is 7.11 Å². The monoisotopic (exact) mass is 310 g/mol. The standard InChI is InChI=1S/C13H14N4O3.ClH/c1-6-8-4-3-7(12(19)20-2)5-9(8)16-10(6)11(18)17-13(14)15;/h3-5,16H,1-2H3,(H4,14,15,17,18);1H. The molecule has 0 fully saturated rings. The third kappa shape index (κ3) is 3.14. The Balaban J connectivity index is 0.00000220. The molecule has 0 aliphatic rings. The van der Waals surface area contributed by atoms with Crippen molar-refractivity contribution in [2.24, 2.45) is 16.5 Å². The predicted octanol–water partition coefficient (Wildman–Crippen LogP) is 1.10. The Morgan fingerprint density at radius 2 is 1.95 bits per heavy atom. The lowest BCUT2D eigenvalue weighted by Gasteiger charge is -1.98. The molecular weight excluding hydrogens is 296 g/mol. The van der Waals surface area contributed by atoms with E-state index in [0.29, 0.717) is 16.6 Å². The summed E-state index contributed by atoms with van der Waals surface area (Å²) in [7, 11) is 1.31. The van der Waals surface area contributed by atoms with Crippen molar-refractivity contribution in [1.29, 1.82) is 0 Å². The molecule has 0 saturated heterocycles. The maximum atomic E-state index is 11.9. The maximum absolute atomic E-state index is 11.9. The maximum Gasteiger partial charge on any atom is 0.337 e. The van der Waals surface area contributed by atoms with Gasteiger partial charge in [-0.25, -0.2) is 4.79 Å². The third-order valence-electron chi connectivity index (χ3n) is 2.92. The van der Waals surface area contributed by atoms with Crippen LogP contribution in [-0.4, -0.2) is 29.9 Å². The number of ether oxygens (including phenoxy) is 1. The minimum atomic E-state index is -0.557. The Morgan fingerprint density at radius 3 is 2.52 bits per heavy atom. The summed E-state index contributed by atoms with van der Waals surface area (Å²) in [4.78, 5) is 29.7. The summed E-state index contributed by atoms with van der Waals surface area (Å²) in [5.74, 6) is -1.31. The average Bonchev–Trinajstić information content (AvgIpc) is 2.74. The molecule has 0 saturated carbocycles. The number of esters is 1. The number of H-pyrrole nitrogens is 1. The summed E-state index contributed by atoms with van der Waals surface area (Å²) in [5, 5.41) is 0.812. The molecule has 7 nitrogen and oxygen atoms in total. The van der Waals surface area contributed by atoms with E-state index in [-0.39, 0.29) is 24.1 Å². The first-order valence-electron chi connectivity index (χ1n) is 5.78. The number of nitrogens with two attached hydrogens (primary N) is 2. The van der Waals surface area contributed by atoms with Gasteiger partial charge in [0.15, 0.2) is 5.96 Å². The van der Waals surface area contributed by atoms with E-state index in [1.807, 2.05) is 0 Å². The summed E-state index contributed by atoms with van der Waals surface area (Å²) in [5.41, 5.74) is 12.4. The first-order chi connectivity index (χ1) is 9.43. The van der Waals surface area contributed by atoms with Crippen LogP contribution in [0.5, 0.6) is 0 Å². The molecule has 2 rings (SSSR count). The number of methoxy groups -OCH3 is 1. The van der Waals surface area contributed by atoms with Gasteiger partial charge in [0.25, 0.3) is 5.91 Å². The summed E-state index contributed by atoms with van der Waals surface area (Å²) in [6.45, 7) is 1.77. The Labute approximate surface area is 126 Å². The second-order valence-electron chi connectivity index (χ2n) is 4.22. The van der Waals surface area contributed by atoms with Crippen LogP contribution >= 0.6 is 12.4 Å². The van der Waals surface area contributed by atoms with Crippen molar-refractivity contribution in [1.82, 2.24) is 4.98 Å². The SMILES string of the molecule is COC(=O)c1ccc2c(C)c(C(=O)N=C(N)N)[nH]c2c1.Cl. The van der Waals surface area contributed by atoms with Crippen LogP contribution < -0.4 is 11.5 Å². The molecule has 1 heterocycles. The molecule has 2 aromatic rings. The summed E-state index contributed by atoms with van der Waals surface area (Å²) in [6, 6.07) is 4.98. The van der Waals surface area contributed by atoms with E-state index in [2.05, 4.69) is 14.7 Å². The molecule has 0 radical (unpaired) electrons. The Morgan fingerprint density at radius 1 is 1.29 bits per heavy atom. The van der Waals surface area contributed by atoms with E-state index >= 15 is 0 Å². The second-order valence-corrected chi connectivity index (χ2v) is 4.22. The lowest BCUT2D eigenvalue weighted by Crippen LogP contribution is -2.24. The second kappa shape index (κ2) is 6.27. The molecule has 0 aliphatic carbocycles. The number of hydrogen-bond donors (Lipinski definition) is 3. The zero-order chi connectivity index (χ0) is 14.9. The predicted molar refractivity (Wildman–Crippen MR) is 81.8 cm³/mol. The summed E-state index contributed by atoms with van der Waals surface area (Å²) >= 11 is 0. The third-order valence-corrected chi connectivity index (χ3v) is 2.92. The van der Waals surface area contributed by atoms with Gasteiger partial charge in [0.05, 0.1) is 12.7 Å². The van der Waals surface area contributed by atoms with Crippen molar-refractivity contribution in [3.05, 3.63) is 35.0 Å². The molecule has 21 heavy (non-hydrogen) atoms. The van der Waals surface area contributed by atoms with Crippen molar-refractivity contribution in [3.8, 4) is 0 Å². The zero-order valence-electron chi connectivity index (χ0n) is 11.5. The number of carbonyl (C=O) groups is 2. The summed E-state index contributed by atoms with van der Waals surface area (Å²) < 4.78 is 4.65. The number of nitrogens with one attached hydrogen (secondary N) is 1. The fourth-order valence-electron chi connectivity index (χ4n) is 1.97. The number of aromatic amines is 1. The molecule has 1 amide bonds. The number of hydrogen-bond acceptors (Lipinski definition) is 3. The molecule has 0 spiro atoms. The molecule has 0 unspecified atom stereocenters. The number of fused-ring (bicyclic) bond motifs is 1. The largest absolute Gasteiger partial charge is 0.465 e. The van der Waals surface area contributed by atoms with Crippen LogP contribution in [0.2, 0.25) is 0 Å². The molecule has 112 valence electrons. The first kappa shape index (κ1) is 16.5. The highest BCUT2D eigenvalue weighted by molar-refractivity contribution is 6.06. The molecule has 1 aromatic carbocycles. The van der Waals surface area contributed by atoms with E-state index in [0.717, 1.165) is 5.39 Å². The van der Waals surface area contributed by atoms with Gasteiger partial charge in [0.2, 0.25) is 0 Å². The Kier molecular flexibility index (Phi) is 4.93. The molecule has 0 aliphatic heterocycles. The van der Waals surface area contributed by atoms with Gasteiger partial charge in [0, 0.05) is 10.9 Å². The number of amides is 1. The van der Waals surface area contributed by atoms with Crippen LogP contribution in [0.4, 0.5) is 0 Å². The smallest absolute Gasteiger partial charge is 0.337 e. The lowest BCUT2D eigenvalue weighted by atomic mass is 10.1. The van der Waals surface area contributed by atoms with Gasteiger partial charge in [-0.15, -0.1) is 12.4 Å². The quantitative estimate of drug-likeness (QED) is 0.435. The number of aryl methyl sites for hydroxylation is 1. The highest BCUT2D eigenvalue weighted by Gasteiger charge is 2.16. The number of nitrogens with zero attached hydrogens (tertiary/aromatic N) is 1. The molecule has 8 heteroatoms. The van der Waals surface area contributed by atoms with Crippen molar-refractivity contribution >= 4 is 41.1 Å². The molecular formula is C13H15ClN4O3. The lowest BCUT2D eigenvalue weighted by molar-refractivity contribution is 0.0600. The number of halogens is 1. The molecule has 5 N–H and O–H groups in total. The minimum absolute atomic E-state index is 0. The van der Waals surface area contributed by atoms with Crippen molar-refractivity contribution in [2.45, 2.75) is 6.92 Å². The van der Waals surface area contributed by atoms with Gasteiger partial charge in [0.1, 0.15) is 5.69 Å². The topological polar surface area (TPSA) is 124 Å². The van der Waals surface area contributed by atoms with Crippen LogP contribution in [0.15, 0.2) is 23.2 Å². The number of guanidine groups is 1. The van der Waals surface area contributed by atoms with E-state index in [4.69, 9.17) is 11.5 Å². The van der Waals surface area contributed by atoms with Crippen LogP contribution in [0.1, 0.15) is 26.4 Å². The van der Waals surface area contributed by atoms with Gasteiger partial charge < -0.3 is 21.2 Å².